The van der Waals surface area contributed by atoms with Crippen LogP contribution in [0.15, 0.2) is 12.1 Å². The van der Waals surface area contributed by atoms with Gasteiger partial charge >= 0.3 is 6.01 Å². The average Bonchev–Trinajstić information content (AvgIpc) is 3.77. The number of thiophene rings is 1. The van der Waals surface area contributed by atoms with E-state index in [4.69, 9.17) is 32.0 Å². The molecule has 9 rings (SSSR count). The van der Waals surface area contributed by atoms with Crippen molar-refractivity contribution in [2.75, 3.05) is 36.9 Å². The molecule has 2 aromatic heterocycles. The van der Waals surface area contributed by atoms with Gasteiger partial charge < -0.3 is 20.7 Å². The van der Waals surface area contributed by atoms with Gasteiger partial charge in [0.2, 0.25) is 0 Å². The van der Waals surface area contributed by atoms with Crippen LogP contribution in [0.1, 0.15) is 50.2 Å². The molecule has 13 heteroatoms. The quantitative estimate of drug-likeness (QED) is 0.257. The van der Waals surface area contributed by atoms with Crippen molar-refractivity contribution in [3.8, 4) is 23.2 Å². The van der Waals surface area contributed by atoms with Crippen molar-refractivity contribution in [2.45, 2.75) is 75.3 Å². The van der Waals surface area contributed by atoms with Gasteiger partial charge in [-0.2, -0.15) is 15.2 Å². The molecule has 0 unspecified atom stereocenters. The highest BCUT2D eigenvalue weighted by Gasteiger charge is 2.50. The number of nitrogens with zero attached hydrogens (tertiary/aromatic N) is 5. The molecule has 4 fully saturated rings. The van der Waals surface area contributed by atoms with Gasteiger partial charge in [-0.25, -0.2) is 13.2 Å². The molecule has 0 spiro atoms. The molecule has 6 atom stereocenters. The number of anilines is 2. The number of nitriles is 1. The van der Waals surface area contributed by atoms with Gasteiger partial charge in [-0.1, -0.05) is 24.6 Å². The monoisotopic (exact) mass is 679 g/mol. The van der Waals surface area contributed by atoms with Crippen LogP contribution in [0.2, 0.25) is 5.02 Å². The molecular formula is C34H33ClF3N7OS. The minimum atomic E-state index is -0.915. The maximum atomic E-state index is 17.3. The van der Waals surface area contributed by atoms with Gasteiger partial charge in [0.1, 0.15) is 41.0 Å². The summed E-state index contributed by atoms with van der Waals surface area (Å²) in [6, 6.07) is 5.44. The first-order valence-electron chi connectivity index (χ1n) is 16.3. The van der Waals surface area contributed by atoms with E-state index in [-0.39, 0.29) is 79.0 Å². The van der Waals surface area contributed by atoms with Gasteiger partial charge in [0.25, 0.3) is 0 Å². The summed E-state index contributed by atoms with van der Waals surface area (Å²) in [6.45, 7) is 4.31. The van der Waals surface area contributed by atoms with Crippen LogP contribution in [0.25, 0.3) is 32.1 Å². The van der Waals surface area contributed by atoms with Crippen molar-refractivity contribution in [3.63, 3.8) is 0 Å². The Hall–Kier alpha value is -3.37. The molecule has 0 saturated carbocycles. The first-order valence-corrected chi connectivity index (χ1v) is 17.5. The molecule has 47 heavy (non-hydrogen) atoms. The molecule has 3 N–H and O–H groups in total. The summed E-state index contributed by atoms with van der Waals surface area (Å²) < 4.78 is 53.4. The summed E-state index contributed by atoms with van der Waals surface area (Å²) in [5, 5.41) is 14.9. The van der Waals surface area contributed by atoms with E-state index in [0.717, 1.165) is 43.6 Å². The number of nitrogens with two attached hydrogens (primary N) is 1. The zero-order valence-corrected chi connectivity index (χ0v) is 27.3. The maximum Gasteiger partial charge on any atom is 0.319 e. The number of halogens is 4. The van der Waals surface area contributed by atoms with Gasteiger partial charge in [-0.15, -0.1) is 11.3 Å². The number of piperazine rings is 1. The lowest BCUT2D eigenvalue weighted by atomic mass is 9.87. The number of ether oxygens (including phenoxy) is 1. The second-order valence-electron chi connectivity index (χ2n) is 14.0. The molecule has 244 valence electrons. The zero-order chi connectivity index (χ0) is 32.4. The summed E-state index contributed by atoms with van der Waals surface area (Å²) in [7, 11) is 0. The van der Waals surface area contributed by atoms with Crippen LogP contribution in [0.3, 0.4) is 0 Å². The lowest BCUT2D eigenvalue weighted by Gasteiger charge is -2.43. The Morgan fingerprint density at radius 3 is 2.91 bits per heavy atom. The van der Waals surface area contributed by atoms with E-state index in [2.05, 4.69) is 28.1 Å². The number of nitrogen functional groups attached to an aromatic ring is 1. The normalized spacial score (nSPS) is 29.7. The Balaban J connectivity index is 1.28. The number of benzene rings is 2. The van der Waals surface area contributed by atoms with Crippen LogP contribution < -0.4 is 20.7 Å². The number of hydrogen-bond acceptors (Lipinski definition) is 9. The second-order valence-corrected chi connectivity index (χ2v) is 15.5. The Morgan fingerprint density at radius 2 is 2.09 bits per heavy atom. The molecule has 0 aliphatic carbocycles. The first kappa shape index (κ1) is 29.7. The van der Waals surface area contributed by atoms with Crippen LogP contribution in [0.5, 0.6) is 6.01 Å². The molecule has 8 nitrogen and oxygen atoms in total. The van der Waals surface area contributed by atoms with Crippen molar-refractivity contribution in [1.29, 1.82) is 5.26 Å². The summed E-state index contributed by atoms with van der Waals surface area (Å²) in [6.07, 6.45) is 3.88. The predicted octanol–water partition coefficient (Wildman–Crippen LogP) is 6.35. The maximum absolute atomic E-state index is 17.3. The van der Waals surface area contributed by atoms with Gasteiger partial charge in [0.05, 0.1) is 26.2 Å². The highest BCUT2D eigenvalue weighted by atomic mass is 35.5. The molecule has 2 bridgehead atoms. The lowest BCUT2D eigenvalue weighted by Crippen LogP contribution is -2.60. The van der Waals surface area contributed by atoms with Crippen molar-refractivity contribution in [2.24, 2.45) is 5.92 Å². The Kier molecular flexibility index (Phi) is 6.69. The van der Waals surface area contributed by atoms with Crippen LogP contribution in [-0.4, -0.2) is 70.9 Å². The molecular weight excluding hydrogens is 647 g/mol. The van der Waals surface area contributed by atoms with Crippen LogP contribution in [0.4, 0.5) is 24.0 Å². The van der Waals surface area contributed by atoms with E-state index >= 15 is 8.78 Å². The molecule has 4 saturated heterocycles. The SMILES string of the molecule is C[C@H]1Cc2c(Cl)c(-c3ccc(F)c4sc(N)c(C#N)c34)c(F)c3nc(OC[C@@]45CCCN4C[C@H](F)C5)nc(c23)N2C[C@H]3CC[C@H](N3)[C@H]12. The van der Waals surface area contributed by atoms with Crippen LogP contribution in [-0.2, 0) is 6.42 Å². The van der Waals surface area contributed by atoms with Crippen molar-refractivity contribution in [3.05, 3.63) is 39.9 Å². The second kappa shape index (κ2) is 10.6. The van der Waals surface area contributed by atoms with E-state index in [1.165, 1.54) is 12.1 Å². The molecule has 0 amide bonds. The fourth-order valence-corrected chi connectivity index (χ4v) is 10.7. The van der Waals surface area contributed by atoms with Crippen LogP contribution >= 0.6 is 22.9 Å². The zero-order valence-electron chi connectivity index (χ0n) is 25.8. The third-order valence-electron chi connectivity index (χ3n) is 11.4. The smallest absolute Gasteiger partial charge is 0.319 e. The van der Waals surface area contributed by atoms with Gasteiger partial charge in [0.15, 0.2) is 5.82 Å². The summed E-state index contributed by atoms with van der Waals surface area (Å²) in [5.74, 6) is -0.529. The molecule has 5 aliphatic heterocycles. The fraction of sp³-hybridized carbons (Fsp3) is 0.500. The number of rotatable bonds is 4. The summed E-state index contributed by atoms with van der Waals surface area (Å²) in [4.78, 5) is 14.2. The van der Waals surface area contributed by atoms with E-state index < -0.39 is 23.3 Å². The number of fused-ring (bicyclic) bond motifs is 7. The largest absolute Gasteiger partial charge is 0.461 e. The predicted molar refractivity (Wildman–Crippen MR) is 177 cm³/mol. The van der Waals surface area contributed by atoms with E-state index in [0.29, 0.717) is 42.7 Å². The number of aromatic nitrogens is 2. The van der Waals surface area contributed by atoms with E-state index in [9.17, 15) is 9.65 Å². The number of hydrogen-bond donors (Lipinski definition) is 2. The average molecular weight is 680 g/mol. The molecule has 7 heterocycles. The van der Waals surface area contributed by atoms with Crippen molar-refractivity contribution < 1.29 is 17.9 Å². The van der Waals surface area contributed by atoms with Crippen molar-refractivity contribution in [1.82, 2.24) is 20.2 Å². The summed E-state index contributed by atoms with van der Waals surface area (Å²) >= 11 is 8.20. The standard InChI is InChI=1S/C34H33ClF3N7OS/c1-15-9-19-25-28(27(38)24(26(19)35)18-4-5-21(37)30-23(18)20(11-39)31(40)47-30)42-33(46-14-34-7-2-8-44(34)12-16(36)10-34)43-32(25)45-13-17-3-6-22(41-17)29(15)45/h4-5,15-17,22,29,41H,2-3,6-10,12-14,40H2,1H3/t15-,16+,17+,22-,29-,34-/m0/s1. The minimum absolute atomic E-state index is 0.0371. The van der Waals surface area contributed by atoms with Crippen molar-refractivity contribution >= 4 is 54.7 Å². The van der Waals surface area contributed by atoms with E-state index in [1.54, 1.807) is 0 Å². The minimum Gasteiger partial charge on any atom is -0.461 e. The van der Waals surface area contributed by atoms with E-state index in [1.807, 2.05) is 0 Å². The Labute approximate surface area is 278 Å². The Morgan fingerprint density at radius 1 is 1.23 bits per heavy atom. The summed E-state index contributed by atoms with van der Waals surface area (Å²) in [5.41, 5.74) is 6.91. The fourth-order valence-electron chi connectivity index (χ4n) is 9.41. The first-order chi connectivity index (χ1) is 22.7. The molecule has 0 radical (unpaired) electrons. The molecule has 2 aromatic carbocycles. The van der Waals surface area contributed by atoms with Crippen LogP contribution in [0, 0.1) is 28.9 Å². The Bertz CT molecular complexity index is 2040. The third kappa shape index (κ3) is 4.25. The highest BCUT2D eigenvalue weighted by molar-refractivity contribution is 7.23. The molecule has 4 aromatic rings. The topological polar surface area (TPSA) is 103 Å². The molecule has 5 aliphatic rings. The number of nitrogens with one attached hydrogen (secondary N) is 1. The van der Waals surface area contributed by atoms with Gasteiger partial charge in [0, 0.05) is 48.6 Å². The van der Waals surface area contributed by atoms with Gasteiger partial charge in [-0.05, 0) is 61.8 Å². The van der Waals surface area contributed by atoms with Gasteiger partial charge in [-0.3, -0.25) is 4.90 Å². The number of alkyl halides is 1. The third-order valence-corrected chi connectivity index (χ3v) is 12.8. The lowest BCUT2D eigenvalue weighted by molar-refractivity contribution is 0.107. The highest BCUT2D eigenvalue weighted by Crippen LogP contribution is 2.50.